The van der Waals surface area contributed by atoms with Crippen LogP contribution in [0.1, 0.15) is 29.5 Å². The van der Waals surface area contributed by atoms with Crippen molar-refractivity contribution >= 4 is 34.4 Å². The average Bonchev–Trinajstić information content (AvgIpc) is 3.39. The molecule has 1 aromatic heterocycles. The average molecular weight is 395 g/mol. The van der Waals surface area contributed by atoms with Gasteiger partial charge in [-0.15, -0.1) is 0 Å². The maximum absolute atomic E-state index is 12.3. The van der Waals surface area contributed by atoms with Crippen LogP contribution in [0.5, 0.6) is 0 Å². The van der Waals surface area contributed by atoms with Crippen LogP contribution in [0.25, 0.3) is 11.0 Å². The first-order valence-corrected chi connectivity index (χ1v) is 10.5. The van der Waals surface area contributed by atoms with Crippen molar-refractivity contribution in [2.75, 3.05) is 18.5 Å². The summed E-state index contributed by atoms with van der Waals surface area (Å²) in [5.41, 5.74) is 6.70. The molecule has 0 spiro atoms. The minimum Gasteiger partial charge on any atom is -0.368 e. The SMILES string of the molecule is O=C(Nc1ccc2c(c1)CN(Cc1ccc3nsnc3c1)CC2)C1CCCO1. The van der Waals surface area contributed by atoms with Gasteiger partial charge in [0.2, 0.25) is 0 Å². The Bertz CT molecular complexity index is 1010. The molecular formula is C21H22N4O2S. The van der Waals surface area contributed by atoms with Crippen molar-refractivity contribution in [1.29, 1.82) is 0 Å². The van der Waals surface area contributed by atoms with E-state index in [0.717, 1.165) is 55.6 Å². The van der Waals surface area contributed by atoms with E-state index < -0.39 is 0 Å². The highest BCUT2D eigenvalue weighted by atomic mass is 32.1. The summed E-state index contributed by atoms with van der Waals surface area (Å²) >= 11 is 1.26. The lowest BCUT2D eigenvalue weighted by Gasteiger charge is -2.29. The Morgan fingerprint density at radius 2 is 2.11 bits per heavy atom. The monoisotopic (exact) mass is 394 g/mol. The van der Waals surface area contributed by atoms with E-state index in [1.54, 1.807) is 0 Å². The number of benzene rings is 2. The Morgan fingerprint density at radius 1 is 1.18 bits per heavy atom. The molecule has 2 aliphatic rings. The number of fused-ring (bicyclic) bond motifs is 2. The van der Waals surface area contributed by atoms with Crippen molar-refractivity contribution in [3.05, 3.63) is 53.1 Å². The molecule has 3 heterocycles. The quantitative estimate of drug-likeness (QED) is 0.735. The molecule has 2 aromatic carbocycles. The summed E-state index contributed by atoms with van der Waals surface area (Å²) in [6.07, 6.45) is 2.49. The van der Waals surface area contributed by atoms with Gasteiger partial charge in [-0.1, -0.05) is 12.1 Å². The van der Waals surface area contributed by atoms with Gasteiger partial charge in [0, 0.05) is 31.9 Å². The van der Waals surface area contributed by atoms with Gasteiger partial charge in [-0.2, -0.15) is 8.75 Å². The van der Waals surface area contributed by atoms with Crippen molar-refractivity contribution in [2.24, 2.45) is 0 Å². The number of carbonyl (C=O) groups excluding carboxylic acids is 1. The first-order valence-electron chi connectivity index (χ1n) is 9.72. The molecule has 6 nitrogen and oxygen atoms in total. The Labute approximate surface area is 167 Å². The molecule has 1 saturated heterocycles. The first-order chi connectivity index (χ1) is 13.7. The van der Waals surface area contributed by atoms with Gasteiger partial charge in [-0.25, -0.2) is 0 Å². The van der Waals surface area contributed by atoms with Crippen molar-refractivity contribution in [1.82, 2.24) is 13.6 Å². The minimum absolute atomic E-state index is 0.0321. The lowest BCUT2D eigenvalue weighted by molar-refractivity contribution is -0.124. The van der Waals surface area contributed by atoms with Crippen LogP contribution in [0.3, 0.4) is 0 Å². The van der Waals surface area contributed by atoms with Gasteiger partial charge in [0.25, 0.3) is 5.91 Å². The number of carbonyl (C=O) groups is 1. The lowest BCUT2D eigenvalue weighted by Crippen LogP contribution is -2.30. The van der Waals surface area contributed by atoms with Gasteiger partial charge in [0.1, 0.15) is 17.1 Å². The maximum atomic E-state index is 12.3. The second-order valence-electron chi connectivity index (χ2n) is 7.52. The van der Waals surface area contributed by atoms with Gasteiger partial charge >= 0.3 is 0 Å². The smallest absolute Gasteiger partial charge is 0.253 e. The van der Waals surface area contributed by atoms with Crippen LogP contribution in [0.4, 0.5) is 5.69 Å². The molecule has 3 aromatic rings. The second-order valence-corrected chi connectivity index (χ2v) is 8.05. The van der Waals surface area contributed by atoms with E-state index in [4.69, 9.17) is 4.74 Å². The fourth-order valence-electron chi connectivity index (χ4n) is 4.02. The summed E-state index contributed by atoms with van der Waals surface area (Å²) in [6.45, 7) is 3.48. The molecular weight excluding hydrogens is 372 g/mol. The molecule has 0 bridgehead atoms. The third-order valence-electron chi connectivity index (χ3n) is 5.51. The zero-order valence-electron chi connectivity index (χ0n) is 15.6. The van der Waals surface area contributed by atoms with E-state index in [-0.39, 0.29) is 12.0 Å². The van der Waals surface area contributed by atoms with Gasteiger partial charge in [-0.3, -0.25) is 9.69 Å². The van der Waals surface area contributed by atoms with Crippen molar-refractivity contribution in [3.63, 3.8) is 0 Å². The highest BCUT2D eigenvalue weighted by molar-refractivity contribution is 7.00. The highest BCUT2D eigenvalue weighted by Gasteiger charge is 2.24. The maximum Gasteiger partial charge on any atom is 0.253 e. The summed E-state index contributed by atoms with van der Waals surface area (Å²) in [4.78, 5) is 14.8. The third kappa shape index (κ3) is 3.65. The van der Waals surface area contributed by atoms with E-state index in [9.17, 15) is 4.79 Å². The van der Waals surface area contributed by atoms with E-state index in [1.165, 1.54) is 28.4 Å². The summed E-state index contributed by atoms with van der Waals surface area (Å²) in [6, 6.07) is 12.6. The van der Waals surface area contributed by atoms with Crippen LogP contribution in [-0.4, -0.2) is 38.8 Å². The van der Waals surface area contributed by atoms with Gasteiger partial charge in [0.15, 0.2) is 0 Å². The van der Waals surface area contributed by atoms with E-state index in [1.807, 2.05) is 12.1 Å². The fraction of sp³-hybridized carbons (Fsp3) is 0.381. The highest BCUT2D eigenvalue weighted by Crippen LogP contribution is 2.25. The summed E-state index contributed by atoms with van der Waals surface area (Å²) in [5.74, 6) is -0.0321. The molecule has 28 heavy (non-hydrogen) atoms. The lowest BCUT2D eigenvalue weighted by atomic mass is 9.98. The number of nitrogens with zero attached hydrogens (tertiary/aromatic N) is 3. The number of rotatable bonds is 4. The predicted molar refractivity (Wildman–Crippen MR) is 109 cm³/mol. The predicted octanol–water partition coefficient (Wildman–Crippen LogP) is 3.37. The van der Waals surface area contributed by atoms with E-state index in [2.05, 4.69) is 43.2 Å². The van der Waals surface area contributed by atoms with Gasteiger partial charge < -0.3 is 10.1 Å². The van der Waals surface area contributed by atoms with Crippen LogP contribution in [0, 0.1) is 0 Å². The number of aromatic nitrogens is 2. The topological polar surface area (TPSA) is 67.4 Å². The molecule has 144 valence electrons. The second kappa shape index (κ2) is 7.58. The molecule has 1 amide bonds. The van der Waals surface area contributed by atoms with Crippen molar-refractivity contribution in [2.45, 2.75) is 38.5 Å². The molecule has 7 heteroatoms. The Kier molecular flexibility index (Phi) is 4.80. The summed E-state index contributed by atoms with van der Waals surface area (Å²) in [7, 11) is 0. The number of amides is 1. The van der Waals surface area contributed by atoms with Gasteiger partial charge in [-0.05, 0) is 60.2 Å². The molecule has 2 aliphatic heterocycles. The van der Waals surface area contributed by atoms with Crippen LogP contribution < -0.4 is 5.32 Å². The van der Waals surface area contributed by atoms with E-state index >= 15 is 0 Å². The number of anilines is 1. The fourth-order valence-corrected chi connectivity index (χ4v) is 4.54. The van der Waals surface area contributed by atoms with Crippen LogP contribution in [0.15, 0.2) is 36.4 Å². The zero-order chi connectivity index (χ0) is 18.9. The molecule has 1 unspecified atom stereocenters. The van der Waals surface area contributed by atoms with Crippen LogP contribution in [-0.2, 0) is 29.0 Å². The standard InChI is InChI=1S/C21H22N4O2S/c26-21(20-2-1-9-27-20)22-17-5-4-15-7-8-25(13-16(15)11-17)12-14-3-6-18-19(10-14)24-28-23-18/h3-6,10-11,20H,1-2,7-9,12-13H2,(H,22,26). The molecule has 0 saturated carbocycles. The molecule has 1 atom stereocenters. The largest absolute Gasteiger partial charge is 0.368 e. The Morgan fingerprint density at radius 3 is 3.00 bits per heavy atom. The number of ether oxygens (including phenoxy) is 1. The van der Waals surface area contributed by atoms with Crippen LogP contribution in [0.2, 0.25) is 0 Å². The Balaban J connectivity index is 1.28. The molecule has 0 aliphatic carbocycles. The molecule has 0 radical (unpaired) electrons. The molecule has 1 N–H and O–H groups in total. The van der Waals surface area contributed by atoms with Crippen molar-refractivity contribution in [3.8, 4) is 0 Å². The van der Waals surface area contributed by atoms with Gasteiger partial charge in [0.05, 0.1) is 11.7 Å². The Hall–Kier alpha value is -2.35. The third-order valence-corrected chi connectivity index (χ3v) is 6.07. The molecule has 5 rings (SSSR count). The zero-order valence-corrected chi connectivity index (χ0v) is 16.4. The van der Waals surface area contributed by atoms with E-state index in [0.29, 0.717) is 6.61 Å². The number of hydrogen-bond donors (Lipinski definition) is 1. The summed E-state index contributed by atoms with van der Waals surface area (Å²) in [5, 5.41) is 3.02. The number of nitrogens with one attached hydrogen (secondary N) is 1. The van der Waals surface area contributed by atoms with Crippen molar-refractivity contribution < 1.29 is 9.53 Å². The molecule has 1 fully saturated rings. The number of hydrogen-bond acceptors (Lipinski definition) is 6. The summed E-state index contributed by atoms with van der Waals surface area (Å²) < 4.78 is 14.1. The normalized spacial score (nSPS) is 19.6. The first kappa shape index (κ1) is 17.7. The van der Waals surface area contributed by atoms with Crippen LogP contribution >= 0.6 is 11.7 Å². The minimum atomic E-state index is -0.303.